The van der Waals surface area contributed by atoms with Crippen LogP contribution in [-0.2, 0) is 11.2 Å². The van der Waals surface area contributed by atoms with Crippen LogP contribution in [0.2, 0.25) is 5.02 Å². The third kappa shape index (κ3) is 5.72. The van der Waals surface area contributed by atoms with Gasteiger partial charge in [0, 0.05) is 23.5 Å². The Morgan fingerprint density at radius 1 is 1.15 bits per heavy atom. The van der Waals surface area contributed by atoms with E-state index in [-0.39, 0.29) is 18.2 Å². The van der Waals surface area contributed by atoms with Crippen LogP contribution in [0.3, 0.4) is 0 Å². The van der Waals surface area contributed by atoms with Crippen molar-refractivity contribution < 1.29 is 14.3 Å². The Labute approximate surface area is 202 Å². The largest absolute Gasteiger partial charge is 0.493 e. The van der Waals surface area contributed by atoms with Crippen LogP contribution in [0, 0.1) is 0 Å². The van der Waals surface area contributed by atoms with Gasteiger partial charge in [-0.05, 0) is 56.5 Å². The number of ether oxygens (including phenoxy) is 1. The lowest BCUT2D eigenvalue weighted by molar-refractivity contribution is -0.115. The van der Waals surface area contributed by atoms with Crippen molar-refractivity contribution in [3.8, 4) is 16.3 Å². The number of carbonyl (C=O) groups is 2. The van der Waals surface area contributed by atoms with Crippen molar-refractivity contribution >= 4 is 40.4 Å². The molecule has 1 aliphatic heterocycles. The number of hydrogen-bond donors (Lipinski definition) is 1. The highest BCUT2D eigenvalue weighted by molar-refractivity contribution is 7.13. The monoisotopic (exact) mass is 483 g/mol. The molecule has 33 heavy (non-hydrogen) atoms. The molecule has 2 aromatic carbocycles. The summed E-state index contributed by atoms with van der Waals surface area (Å²) in [7, 11) is 0. The number of thiazole rings is 1. The Kier molecular flexibility index (Phi) is 7.62. The molecule has 4 rings (SSSR count). The van der Waals surface area contributed by atoms with E-state index in [9.17, 15) is 9.59 Å². The number of aromatic nitrogens is 1. The van der Waals surface area contributed by atoms with Gasteiger partial charge >= 0.3 is 0 Å². The standard InChI is InChI=1S/C25H26ClN3O3S/c1-2-32-22-9-5-4-8-20(22)24-27-18(16-33-24)15-23(30)28-21-14-17(26)10-11-19(21)25(31)29-12-6-3-7-13-29/h4-5,8-11,14,16H,2-3,6-7,12-13,15H2,1H3,(H,28,30). The normalized spacial score (nSPS) is 13.6. The summed E-state index contributed by atoms with van der Waals surface area (Å²) in [4.78, 5) is 32.3. The fourth-order valence-electron chi connectivity index (χ4n) is 3.87. The first-order chi connectivity index (χ1) is 16.0. The summed E-state index contributed by atoms with van der Waals surface area (Å²) < 4.78 is 5.70. The molecule has 1 saturated heterocycles. The van der Waals surface area contributed by atoms with Gasteiger partial charge in [0.05, 0.1) is 35.5 Å². The quantitative estimate of drug-likeness (QED) is 0.470. The highest BCUT2D eigenvalue weighted by Gasteiger charge is 2.22. The highest BCUT2D eigenvalue weighted by atomic mass is 35.5. The van der Waals surface area contributed by atoms with Gasteiger partial charge in [-0.3, -0.25) is 9.59 Å². The van der Waals surface area contributed by atoms with Gasteiger partial charge in [-0.2, -0.15) is 0 Å². The van der Waals surface area contributed by atoms with Crippen molar-refractivity contribution in [2.45, 2.75) is 32.6 Å². The molecule has 2 heterocycles. The molecule has 1 fully saturated rings. The number of rotatable bonds is 7. The minimum absolute atomic E-state index is 0.0786. The number of benzene rings is 2. The van der Waals surface area contributed by atoms with Gasteiger partial charge in [0.1, 0.15) is 10.8 Å². The summed E-state index contributed by atoms with van der Waals surface area (Å²) in [6.45, 7) is 3.98. The number of carbonyl (C=O) groups excluding carboxylic acids is 2. The van der Waals surface area contributed by atoms with Crippen LogP contribution >= 0.6 is 22.9 Å². The van der Waals surface area contributed by atoms with Gasteiger partial charge < -0.3 is 15.0 Å². The molecule has 1 aromatic heterocycles. The summed E-state index contributed by atoms with van der Waals surface area (Å²) >= 11 is 7.63. The third-order valence-electron chi connectivity index (χ3n) is 5.44. The van der Waals surface area contributed by atoms with Gasteiger partial charge in [0.15, 0.2) is 0 Å². The molecular weight excluding hydrogens is 458 g/mol. The Bertz CT molecular complexity index is 1140. The van der Waals surface area contributed by atoms with Crippen LogP contribution in [0.25, 0.3) is 10.6 Å². The minimum atomic E-state index is -0.250. The maximum absolute atomic E-state index is 13.0. The maximum atomic E-state index is 13.0. The zero-order valence-corrected chi connectivity index (χ0v) is 20.0. The lowest BCUT2D eigenvalue weighted by atomic mass is 10.1. The minimum Gasteiger partial charge on any atom is -0.493 e. The van der Waals surface area contributed by atoms with Crippen LogP contribution in [0.4, 0.5) is 5.69 Å². The summed E-state index contributed by atoms with van der Waals surface area (Å²) in [5.74, 6) is 0.440. The van der Waals surface area contributed by atoms with Crippen molar-refractivity contribution in [1.82, 2.24) is 9.88 Å². The molecule has 0 aliphatic carbocycles. The Balaban J connectivity index is 1.48. The van der Waals surface area contributed by atoms with E-state index in [0.717, 1.165) is 48.7 Å². The van der Waals surface area contributed by atoms with Gasteiger partial charge in [-0.15, -0.1) is 11.3 Å². The number of nitrogens with zero attached hydrogens (tertiary/aromatic N) is 2. The lowest BCUT2D eigenvalue weighted by Gasteiger charge is -2.27. The molecule has 1 aliphatic rings. The molecule has 2 amide bonds. The van der Waals surface area contributed by atoms with Crippen molar-refractivity contribution in [3.63, 3.8) is 0 Å². The number of nitrogens with one attached hydrogen (secondary N) is 1. The van der Waals surface area contributed by atoms with E-state index >= 15 is 0 Å². The number of likely N-dealkylation sites (tertiary alicyclic amines) is 1. The Morgan fingerprint density at radius 3 is 2.73 bits per heavy atom. The van der Waals surface area contributed by atoms with Gasteiger partial charge in [0.2, 0.25) is 5.91 Å². The number of anilines is 1. The number of piperidine rings is 1. The molecule has 1 N–H and O–H groups in total. The fraction of sp³-hybridized carbons (Fsp3) is 0.320. The maximum Gasteiger partial charge on any atom is 0.255 e. The zero-order chi connectivity index (χ0) is 23.2. The molecule has 0 saturated carbocycles. The average Bonchev–Trinajstić information content (AvgIpc) is 3.28. The highest BCUT2D eigenvalue weighted by Crippen LogP contribution is 2.32. The molecule has 6 nitrogen and oxygen atoms in total. The van der Waals surface area contributed by atoms with E-state index in [4.69, 9.17) is 16.3 Å². The first-order valence-corrected chi connectivity index (χ1v) is 12.4. The molecule has 0 bridgehead atoms. The number of halogens is 1. The number of hydrogen-bond acceptors (Lipinski definition) is 5. The van der Waals surface area contributed by atoms with Crippen LogP contribution in [-0.4, -0.2) is 41.4 Å². The summed E-state index contributed by atoms with van der Waals surface area (Å²) in [6, 6.07) is 12.7. The lowest BCUT2D eigenvalue weighted by Crippen LogP contribution is -2.36. The van der Waals surface area contributed by atoms with Crippen LogP contribution in [0.15, 0.2) is 47.8 Å². The van der Waals surface area contributed by atoms with Gasteiger partial charge in [-0.25, -0.2) is 4.98 Å². The van der Waals surface area contributed by atoms with Crippen LogP contribution in [0.1, 0.15) is 42.2 Å². The van der Waals surface area contributed by atoms with Crippen LogP contribution < -0.4 is 10.1 Å². The van der Waals surface area contributed by atoms with Crippen molar-refractivity contribution in [2.75, 3.05) is 25.0 Å². The topological polar surface area (TPSA) is 71.5 Å². The average molecular weight is 484 g/mol. The Hall–Kier alpha value is -2.90. The van der Waals surface area contributed by atoms with E-state index in [1.165, 1.54) is 11.3 Å². The third-order valence-corrected chi connectivity index (χ3v) is 6.60. The molecule has 0 atom stereocenters. The summed E-state index contributed by atoms with van der Waals surface area (Å²) in [6.07, 6.45) is 3.23. The second-order valence-electron chi connectivity index (χ2n) is 7.84. The molecule has 0 spiro atoms. The number of para-hydroxylation sites is 1. The van der Waals surface area contributed by atoms with Crippen molar-refractivity contribution in [3.05, 3.63) is 64.1 Å². The zero-order valence-electron chi connectivity index (χ0n) is 18.5. The Morgan fingerprint density at radius 2 is 1.94 bits per heavy atom. The molecule has 0 radical (unpaired) electrons. The smallest absolute Gasteiger partial charge is 0.255 e. The second kappa shape index (κ2) is 10.8. The molecular formula is C25H26ClN3O3S. The predicted molar refractivity (Wildman–Crippen MR) is 132 cm³/mol. The molecule has 172 valence electrons. The van der Waals surface area contributed by atoms with E-state index in [2.05, 4.69) is 10.3 Å². The summed E-state index contributed by atoms with van der Waals surface area (Å²) in [5.41, 5.74) is 2.45. The van der Waals surface area contributed by atoms with Crippen LogP contribution in [0.5, 0.6) is 5.75 Å². The van der Waals surface area contributed by atoms with E-state index in [1.807, 2.05) is 41.5 Å². The van der Waals surface area contributed by atoms with Gasteiger partial charge in [-0.1, -0.05) is 23.7 Å². The molecule has 0 unspecified atom stereocenters. The van der Waals surface area contributed by atoms with E-state index in [1.54, 1.807) is 18.2 Å². The van der Waals surface area contributed by atoms with E-state index in [0.29, 0.717) is 28.6 Å². The van der Waals surface area contributed by atoms with E-state index < -0.39 is 0 Å². The predicted octanol–water partition coefficient (Wildman–Crippen LogP) is 5.67. The second-order valence-corrected chi connectivity index (χ2v) is 9.14. The van der Waals surface area contributed by atoms with Crippen molar-refractivity contribution in [2.24, 2.45) is 0 Å². The molecule has 8 heteroatoms. The fourth-order valence-corrected chi connectivity index (χ4v) is 4.89. The SMILES string of the molecule is CCOc1ccccc1-c1nc(CC(=O)Nc2cc(Cl)ccc2C(=O)N2CCCCC2)cs1. The van der Waals surface area contributed by atoms with Gasteiger partial charge in [0.25, 0.3) is 5.91 Å². The first-order valence-electron chi connectivity index (χ1n) is 11.1. The van der Waals surface area contributed by atoms with Crippen molar-refractivity contribution in [1.29, 1.82) is 0 Å². The summed E-state index contributed by atoms with van der Waals surface area (Å²) in [5, 5.41) is 6.00. The first kappa shape index (κ1) is 23.3. The number of amides is 2. The molecule has 3 aromatic rings.